The van der Waals surface area contributed by atoms with Crippen LogP contribution in [0.2, 0.25) is 0 Å². The zero-order valence-corrected chi connectivity index (χ0v) is 18.9. The van der Waals surface area contributed by atoms with Crippen molar-refractivity contribution in [2.45, 2.75) is 30.8 Å². The molecule has 0 radical (unpaired) electrons. The average molecular weight is 465 g/mol. The van der Waals surface area contributed by atoms with Crippen molar-refractivity contribution in [3.8, 4) is 0 Å². The molecule has 1 aliphatic rings. The molecule has 1 aromatic heterocycles. The Kier molecular flexibility index (Phi) is 5.24. The number of carbonyl (C=O) groups is 1. The molecule has 0 saturated heterocycles. The number of nitrogens with zero attached hydrogens (tertiary/aromatic N) is 3. The molecule has 5 rings (SSSR count). The summed E-state index contributed by atoms with van der Waals surface area (Å²) in [5.41, 5.74) is 4.23. The maximum Gasteiger partial charge on any atom is 0.258 e. The van der Waals surface area contributed by atoms with Crippen molar-refractivity contribution in [1.29, 1.82) is 0 Å². The highest BCUT2D eigenvalue weighted by atomic mass is 32.2. The zero-order valence-electron chi connectivity index (χ0n) is 17.2. The normalized spacial score (nSPS) is 15.8. The van der Waals surface area contributed by atoms with Crippen LogP contribution in [0.15, 0.2) is 71.6 Å². The van der Waals surface area contributed by atoms with E-state index in [0.717, 1.165) is 35.0 Å². The van der Waals surface area contributed by atoms with Crippen LogP contribution >= 0.6 is 11.7 Å². The Bertz CT molecular complexity index is 1420. The lowest BCUT2D eigenvalue weighted by Gasteiger charge is -2.23. The Morgan fingerprint density at radius 1 is 1.09 bits per heavy atom. The quantitative estimate of drug-likeness (QED) is 0.486. The molecular formula is C23H20N4O3S2. The highest BCUT2D eigenvalue weighted by Gasteiger charge is 2.31. The van der Waals surface area contributed by atoms with E-state index < -0.39 is 10.0 Å². The molecular weight excluding hydrogens is 444 g/mol. The van der Waals surface area contributed by atoms with Gasteiger partial charge in [-0.2, -0.15) is 8.75 Å². The summed E-state index contributed by atoms with van der Waals surface area (Å²) in [7, 11) is -3.78. The number of nitrogens with one attached hydrogen (secondary N) is 1. The third-order valence-corrected chi connectivity index (χ3v) is 7.59. The summed E-state index contributed by atoms with van der Waals surface area (Å²) in [5.74, 6) is -0.0581. The number of sulfonamides is 1. The van der Waals surface area contributed by atoms with E-state index in [4.69, 9.17) is 0 Å². The first-order valence-electron chi connectivity index (χ1n) is 10.2. The third-order valence-electron chi connectivity index (χ3n) is 5.61. The van der Waals surface area contributed by atoms with Gasteiger partial charge in [-0.25, -0.2) is 13.1 Å². The Hall–Kier alpha value is -3.14. The van der Waals surface area contributed by atoms with Crippen molar-refractivity contribution in [1.82, 2.24) is 13.5 Å². The molecule has 7 nitrogen and oxygen atoms in total. The molecule has 0 fully saturated rings. The Balaban J connectivity index is 1.40. The second kappa shape index (κ2) is 8.09. The van der Waals surface area contributed by atoms with Gasteiger partial charge < -0.3 is 4.90 Å². The second-order valence-electron chi connectivity index (χ2n) is 7.77. The SMILES string of the molecule is CC1Cc2ccc(CNS(=O)(=O)c3cccc4nsnc34)cc2N1C(=O)c1ccccc1. The van der Waals surface area contributed by atoms with E-state index in [1.54, 1.807) is 29.2 Å². The van der Waals surface area contributed by atoms with Gasteiger partial charge in [0, 0.05) is 23.8 Å². The lowest BCUT2D eigenvalue weighted by molar-refractivity contribution is 0.0981. The Morgan fingerprint density at radius 2 is 1.91 bits per heavy atom. The summed E-state index contributed by atoms with van der Waals surface area (Å²) in [6.07, 6.45) is 0.763. The van der Waals surface area contributed by atoms with Crippen LogP contribution in [-0.4, -0.2) is 29.1 Å². The van der Waals surface area contributed by atoms with Crippen LogP contribution in [0.5, 0.6) is 0 Å². The summed E-state index contributed by atoms with van der Waals surface area (Å²) in [5, 5.41) is 0. The molecule has 3 aromatic carbocycles. The summed E-state index contributed by atoms with van der Waals surface area (Å²) in [6.45, 7) is 2.12. The number of amides is 1. The van der Waals surface area contributed by atoms with Crippen LogP contribution in [0.3, 0.4) is 0 Å². The highest BCUT2D eigenvalue weighted by molar-refractivity contribution is 7.89. The molecule has 1 aliphatic heterocycles. The maximum absolute atomic E-state index is 13.1. The van der Waals surface area contributed by atoms with Crippen LogP contribution < -0.4 is 9.62 Å². The zero-order chi connectivity index (χ0) is 22.3. The molecule has 1 unspecified atom stereocenters. The first-order valence-corrected chi connectivity index (χ1v) is 12.4. The molecule has 0 bridgehead atoms. The van der Waals surface area contributed by atoms with Crippen molar-refractivity contribution in [3.63, 3.8) is 0 Å². The van der Waals surface area contributed by atoms with E-state index in [1.807, 2.05) is 43.3 Å². The van der Waals surface area contributed by atoms with Crippen LogP contribution in [0.25, 0.3) is 11.0 Å². The van der Waals surface area contributed by atoms with Gasteiger partial charge in [-0.05, 0) is 54.8 Å². The van der Waals surface area contributed by atoms with Crippen molar-refractivity contribution < 1.29 is 13.2 Å². The van der Waals surface area contributed by atoms with Gasteiger partial charge in [0.1, 0.15) is 15.9 Å². The first-order chi connectivity index (χ1) is 15.4. The van der Waals surface area contributed by atoms with Gasteiger partial charge in [-0.1, -0.05) is 36.4 Å². The summed E-state index contributed by atoms with van der Waals surface area (Å²) in [4.78, 5) is 15.0. The molecule has 0 saturated carbocycles. The van der Waals surface area contributed by atoms with Gasteiger partial charge in [0.05, 0.1) is 11.7 Å². The number of rotatable bonds is 5. The molecule has 1 amide bonds. The molecule has 1 atom stereocenters. The number of fused-ring (bicyclic) bond motifs is 2. The summed E-state index contributed by atoms with van der Waals surface area (Å²) >= 11 is 0.983. The molecule has 1 N–H and O–H groups in total. The fraction of sp³-hybridized carbons (Fsp3) is 0.174. The van der Waals surface area contributed by atoms with E-state index in [2.05, 4.69) is 13.5 Å². The van der Waals surface area contributed by atoms with E-state index in [1.165, 1.54) is 6.07 Å². The molecule has 32 heavy (non-hydrogen) atoms. The van der Waals surface area contributed by atoms with Crippen LogP contribution in [0.4, 0.5) is 5.69 Å². The molecule has 4 aromatic rings. The highest BCUT2D eigenvalue weighted by Crippen LogP contribution is 2.34. The minimum atomic E-state index is -3.78. The number of aromatic nitrogens is 2. The van der Waals surface area contributed by atoms with Gasteiger partial charge in [-0.15, -0.1) is 0 Å². The van der Waals surface area contributed by atoms with Gasteiger partial charge in [-0.3, -0.25) is 4.79 Å². The van der Waals surface area contributed by atoms with Crippen LogP contribution in [0.1, 0.15) is 28.4 Å². The lowest BCUT2D eigenvalue weighted by atomic mass is 10.1. The van der Waals surface area contributed by atoms with E-state index in [9.17, 15) is 13.2 Å². The van der Waals surface area contributed by atoms with Crippen molar-refractivity contribution in [3.05, 3.63) is 83.4 Å². The number of hydrogen-bond acceptors (Lipinski definition) is 6. The fourth-order valence-corrected chi connectivity index (χ4v) is 5.83. The van der Waals surface area contributed by atoms with Gasteiger partial charge in [0.2, 0.25) is 10.0 Å². The van der Waals surface area contributed by atoms with Gasteiger partial charge in [0.15, 0.2) is 0 Å². The van der Waals surface area contributed by atoms with E-state index in [0.29, 0.717) is 16.6 Å². The second-order valence-corrected chi connectivity index (χ2v) is 10.0. The van der Waals surface area contributed by atoms with Gasteiger partial charge >= 0.3 is 0 Å². The largest absolute Gasteiger partial charge is 0.305 e. The predicted molar refractivity (Wildman–Crippen MR) is 124 cm³/mol. The standard InChI is InChI=1S/C23H20N4O3S2/c1-15-12-18-11-10-16(13-20(18)27(15)23(28)17-6-3-2-4-7-17)14-24-32(29,30)21-9-5-8-19-22(21)26-31-25-19/h2-11,13,15,24H,12,14H2,1H3. The maximum atomic E-state index is 13.1. The first kappa shape index (κ1) is 20.7. The summed E-state index contributed by atoms with van der Waals surface area (Å²) in [6, 6.07) is 19.9. The van der Waals surface area contributed by atoms with E-state index >= 15 is 0 Å². The number of hydrogen-bond donors (Lipinski definition) is 1. The summed E-state index contributed by atoms with van der Waals surface area (Å²) < 4.78 is 36.7. The monoisotopic (exact) mass is 464 g/mol. The molecule has 0 aliphatic carbocycles. The smallest absolute Gasteiger partial charge is 0.258 e. The van der Waals surface area contributed by atoms with Crippen molar-refractivity contribution >= 4 is 44.4 Å². The fourth-order valence-electron chi connectivity index (χ4n) is 4.05. The topological polar surface area (TPSA) is 92.3 Å². The molecule has 0 spiro atoms. The Morgan fingerprint density at radius 3 is 2.72 bits per heavy atom. The molecule has 162 valence electrons. The third kappa shape index (κ3) is 3.68. The average Bonchev–Trinajstić information content (AvgIpc) is 3.41. The number of anilines is 1. The van der Waals surface area contributed by atoms with Crippen molar-refractivity contribution in [2.75, 3.05) is 4.90 Å². The van der Waals surface area contributed by atoms with Crippen molar-refractivity contribution in [2.24, 2.45) is 0 Å². The minimum Gasteiger partial charge on any atom is -0.305 e. The Labute approximate surface area is 190 Å². The van der Waals surface area contributed by atoms with Crippen LogP contribution in [0, 0.1) is 0 Å². The molecule has 9 heteroatoms. The number of benzene rings is 3. The number of carbonyl (C=O) groups excluding carboxylic acids is 1. The predicted octanol–water partition coefficient (Wildman–Crippen LogP) is 3.76. The minimum absolute atomic E-state index is 0.0272. The lowest BCUT2D eigenvalue weighted by Crippen LogP contribution is -2.35. The molecule has 2 heterocycles. The van der Waals surface area contributed by atoms with Gasteiger partial charge in [0.25, 0.3) is 5.91 Å². The van der Waals surface area contributed by atoms with E-state index in [-0.39, 0.29) is 23.4 Å². The van der Waals surface area contributed by atoms with Crippen LogP contribution in [-0.2, 0) is 23.0 Å².